The molecule has 0 amide bonds. The summed E-state index contributed by atoms with van der Waals surface area (Å²) in [4.78, 5) is 2.40. The number of hydrogen-bond acceptors (Lipinski definition) is 1. The van der Waals surface area contributed by atoms with Crippen molar-refractivity contribution in [3.05, 3.63) is 211 Å². The van der Waals surface area contributed by atoms with Crippen LogP contribution < -0.4 is 4.90 Å². The van der Waals surface area contributed by atoms with Crippen molar-refractivity contribution in [3.8, 4) is 55.6 Å². The smallest absolute Gasteiger partial charge is 0.0540 e. The van der Waals surface area contributed by atoms with Crippen molar-refractivity contribution in [1.82, 2.24) is 0 Å². The fraction of sp³-hybridized carbons (Fsp3) is 0.0588. The van der Waals surface area contributed by atoms with Crippen LogP contribution in [0.4, 0.5) is 17.1 Å². The van der Waals surface area contributed by atoms with E-state index >= 15 is 0 Å². The first kappa shape index (κ1) is 31.5. The normalized spacial score (nSPS) is 12.6. The molecule has 9 rings (SSSR count). The van der Waals surface area contributed by atoms with Gasteiger partial charge in [0.2, 0.25) is 0 Å². The average Bonchev–Trinajstić information content (AvgIpc) is 3.45. The van der Waals surface area contributed by atoms with Crippen molar-refractivity contribution in [2.75, 3.05) is 4.90 Å². The van der Waals surface area contributed by atoms with Crippen molar-refractivity contribution >= 4 is 17.1 Å². The minimum Gasteiger partial charge on any atom is -0.310 e. The molecule has 0 bridgehead atoms. The van der Waals surface area contributed by atoms with Crippen LogP contribution in [-0.4, -0.2) is 0 Å². The van der Waals surface area contributed by atoms with E-state index in [-0.39, 0.29) is 5.41 Å². The Kier molecular flexibility index (Phi) is 7.90. The molecular weight excluding hydrogens is 627 g/mol. The zero-order valence-electron chi connectivity index (χ0n) is 29.5. The summed E-state index contributed by atoms with van der Waals surface area (Å²) >= 11 is 0. The van der Waals surface area contributed by atoms with Gasteiger partial charge in [-0.1, -0.05) is 178 Å². The number of hydrogen-bond donors (Lipinski definition) is 0. The highest BCUT2D eigenvalue weighted by molar-refractivity contribution is 5.96. The predicted octanol–water partition coefficient (Wildman–Crippen LogP) is 14.1. The maximum Gasteiger partial charge on any atom is 0.0540 e. The molecule has 0 radical (unpaired) electrons. The van der Waals surface area contributed by atoms with Gasteiger partial charge in [0, 0.05) is 22.4 Å². The lowest BCUT2D eigenvalue weighted by Gasteiger charge is -2.28. The zero-order chi connectivity index (χ0) is 35.1. The molecule has 0 spiro atoms. The van der Waals surface area contributed by atoms with E-state index in [1.807, 2.05) is 0 Å². The second kappa shape index (κ2) is 13.0. The molecule has 1 nitrogen and oxygen atoms in total. The molecule has 8 aromatic rings. The Bertz CT molecular complexity index is 2410. The van der Waals surface area contributed by atoms with Crippen molar-refractivity contribution in [2.24, 2.45) is 0 Å². The summed E-state index contributed by atoms with van der Waals surface area (Å²) in [5, 5.41) is 0. The van der Waals surface area contributed by atoms with E-state index in [0.29, 0.717) is 0 Å². The second-order valence-corrected chi connectivity index (χ2v) is 14.2. The van der Waals surface area contributed by atoms with Gasteiger partial charge >= 0.3 is 0 Å². The van der Waals surface area contributed by atoms with E-state index in [0.717, 1.165) is 17.1 Å². The third-order valence-electron chi connectivity index (χ3n) is 10.7. The number of para-hydroxylation sites is 1. The Morgan fingerprint density at radius 3 is 1.37 bits per heavy atom. The lowest BCUT2D eigenvalue weighted by molar-refractivity contribution is 0.660. The predicted molar refractivity (Wildman–Crippen MR) is 220 cm³/mol. The fourth-order valence-corrected chi connectivity index (χ4v) is 8.04. The Morgan fingerprint density at radius 2 is 0.788 bits per heavy atom. The Hall–Kier alpha value is -6.44. The topological polar surface area (TPSA) is 3.24 Å². The number of nitrogens with zero attached hydrogens (tertiary/aromatic N) is 1. The second-order valence-electron chi connectivity index (χ2n) is 14.2. The van der Waals surface area contributed by atoms with Gasteiger partial charge in [0.25, 0.3) is 0 Å². The third-order valence-corrected chi connectivity index (χ3v) is 10.7. The van der Waals surface area contributed by atoms with E-state index in [1.165, 1.54) is 66.8 Å². The van der Waals surface area contributed by atoms with Crippen LogP contribution in [0.25, 0.3) is 55.6 Å². The minimum atomic E-state index is -0.0967. The number of rotatable bonds is 7. The molecule has 0 N–H and O–H groups in total. The lowest BCUT2D eigenvalue weighted by Crippen LogP contribution is -2.14. The van der Waals surface area contributed by atoms with E-state index in [9.17, 15) is 0 Å². The molecule has 0 fully saturated rings. The van der Waals surface area contributed by atoms with Gasteiger partial charge in [-0.3, -0.25) is 0 Å². The summed E-state index contributed by atoms with van der Waals surface area (Å²) in [6.07, 6.45) is 0. The molecule has 0 aliphatic heterocycles. The van der Waals surface area contributed by atoms with Crippen LogP contribution in [0.2, 0.25) is 0 Å². The summed E-state index contributed by atoms with van der Waals surface area (Å²) in [6.45, 7) is 4.72. The molecule has 1 heteroatoms. The van der Waals surface area contributed by atoms with E-state index in [2.05, 4.69) is 219 Å². The molecule has 0 atom stereocenters. The van der Waals surface area contributed by atoms with Gasteiger partial charge in [0.05, 0.1) is 5.69 Å². The molecule has 248 valence electrons. The van der Waals surface area contributed by atoms with Crippen LogP contribution in [0, 0.1) is 0 Å². The third kappa shape index (κ3) is 5.52. The highest BCUT2D eigenvalue weighted by Gasteiger charge is 2.37. The van der Waals surface area contributed by atoms with Gasteiger partial charge in [0.1, 0.15) is 0 Å². The maximum atomic E-state index is 2.43. The highest BCUT2D eigenvalue weighted by Crippen LogP contribution is 2.53. The molecule has 0 saturated carbocycles. The Balaban J connectivity index is 1.20. The van der Waals surface area contributed by atoms with Crippen molar-refractivity contribution in [2.45, 2.75) is 19.3 Å². The fourth-order valence-electron chi connectivity index (χ4n) is 8.04. The minimum absolute atomic E-state index is 0.0967. The Labute approximate surface area is 307 Å². The zero-order valence-corrected chi connectivity index (χ0v) is 29.5. The van der Waals surface area contributed by atoms with Crippen LogP contribution in [0.3, 0.4) is 0 Å². The van der Waals surface area contributed by atoms with E-state index < -0.39 is 0 Å². The van der Waals surface area contributed by atoms with Crippen LogP contribution in [-0.2, 0) is 5.41 Å². The SMILES string of the molecule is CC1(C)c2ccc(-c3ccccc3N(c3ccc(-c4ccccc4)cc3)c3ccc(-c4ccccc4)cc3)cc2-c2c(-c3ccccc3)cccc21. The molecule has 1 aliphatic rings. The molecule has 1 aliphatic carbocycles. The number of benzene rings is 8. The largest absolute Gasteiger partial charge is 0.310 e. The number of anilines is 3. The van der Waals surface area contributed by atoms with Crippen molar-refractivity contribution in [3.63, 3.8) is 0 Å². The summed E-state index contributed by atoms with van der Waals surface area (Å²) in [5.74, 6) is 0. The lowest BCUT2D eigenvalue weighted by atomic mass is 9.81. The van der Waals surface area contributed by atoms with Gasteiger partial charge in [-0.25, -0.2) is 0 Å². The van der Waals surface area contributed by atoms with Gasteiger partial charge in [-0.05, 0) is 97.6 Å². The summed E-state index contributed by atoms with van der Waals surface area (Å²) in [6, 6.07) is 72.7. The van der Waals surface area contributed by atoms with Gasteiger partial charge in [-0.15, -0.1) is 0 Å². The molecule has 0 saturated heterocycles. The molecule has 52 heavy (non-hydrogen) atoms. The summed E-state index contributed by atoms with van der Waals surface area (Å²) in [5.41, 5.74) is 18.4. The first-order valence-electron chi connectivity index (χ1n) is 18.1. The quantitative estimate of drug-likeness (QED) is 0.164. The number of fused-ring (bicyclic) bond motifs is 3. The van der Waals surface area contributed by atoms with Crippen LogP contribution in [0.15, 0.2) is 200 Å². The first-order valence-corrected chi connectivity index (χ1v) is 18.1. The summed E-state index contributed by atoms with van der Waals surface area (Å²) in [7, 11) is 0. The molecule has 8 aromatic carbocycles. The standard InChI is InChI=1S/C51H39N/c1-51(2)47-34-29-41(35-46(47)50-45(22-14-23-48(50)51)40-19-10-5-11-20-40)44-21-12-13-24-49(44)52(42-30-25-38(26-31-42)36-15-6-3-7-16-36)43-32-27-39(28-33-43)37-17-8-4-9-18-37/h3-35H,1-2H3. The van der Waals surface area contributed by atoms with Gasteiger partial charge in [0.15, 0.2) is 0 Å². The molecule has 0 heterocycles. The van der Waals surface area contributed by atoms with Gasteiger partial charge in [-0.2, -0.15) is 0 Å². The molecule has 0 aromatic heterocycles. The monoisotopic (exact) mass is 665 g/mol. The highest BCUT2D eigenvalue weighted by atomic mass is 15.1. The molecule has 0 unspecified atom stereocenters. The van der Waals surface area contributed by atoms with Crippen molar-refractivity contribution in [1.29, 1.82) is 0 Å². The maximum absolute atomic E-state index is 2.43. The van der Waals surface area contributed by atoms with E-state index in [4.69, 9.17) is 0 Å². The summed E-state index contributed by atoms with van der Waals surface area (Å²) < 4.78 is 0. The van der Waals surface area contributed by atoms with Crippen LogP contribution in [0.5, 0.6) is 0 Å². The van der Waals surface area contributed by atoms with Crippen LogP contribution in [0.1, 0.15) is 25.0 Å². The Morgan fingerprint density at radius 1 is 0.327 bits per heavy atom. The van der Waals surface area contributed by atoms with E-state index in [1.54, 1.807) is 0 Å². The van der Waals surface area contributed by atoms with Gasteiger partial charge < -0.3 is 4.90 Å². The first-order chi connectivity index (χ1) is 25.6. The van der Waals surface area contributed by atoms with Crippen LogP contribution >= 0.6 is 0 Å². The van der Waals surface area contributed by atoms with Crippen molar-refractivity contribution < 1.29 is 0 Å². The molecular formula is C51H39N. The average molecular weight is 666 g/mol.